The number of ether oxygens (including phenoxy) is 3. The lowest BCUT2D eigenvalue weighted by atomic mass is 10.2. The lowest BCUT2D eigenvalue weighted by Gasteiger charge is -2.13. The van der Waals surface area contributed by atoms with Gasteiger partial charge < -0.3 is 24.5 Å². The van der Waals surface area contributed by atoms with Gasteiger partial charge in [0.2, 0.25) is 0 Å². The molecule has 1 atom stereocenters. The topological polar surface area (TPSA) is 112 Å². The van der Waals surface area contributed by atoms with Crippen LogP contribution in [0.2, 0.25) is 0 Å². The average Bonchev–Trinajstić information content (AvgIpc) is 3.18. The van der Waals surface area contributed by atoms with Crippen LogP contribution in [-0.4, -0.2) is 42.4 Å². The summed E-state index contributed by atoms with van der Waals surface area (Å²) in [6, 6.07) is 4.90. The fourth-order valence-corrected chi connectivity index (χ4v) is 2.93. The second kappa shape index (κ2) is 8.09. The molecule has 27 heavy (non-hydrogen) atoms. The van der Waals surface area contributed by atoms with Crippen molar-refractivity contribution in [2.45, 2.75) is 25.5 Å². The molecule has 1 amide bonds. The SMILES string of the molecule is COc1ccc(OC)c(NC(=O)c2c[nH]c(=O)n(CC3CCCO3)c2=O)c1. The highest BCUT2D eigenvalue weighted by molar-refractivity contribution is 6.04. The van der Waals surface area contributed by atoms with Gasteiger partial charge in [-0.3, -0.25) is 14.2 Å². The number of aromatic nitrogens is 2. The molecule has 2 aromatic rings. The van der Waals surface area contributed by atoms with Gasteiger partial charge in [-0.15, -0.1) is 0 Å². The molecule has 1 aliphatic heterocycles. The van der Waals surface area contributed by atoms with Gasteiger partial charge in [0.25, 0.3) is 11.5 Å². The van der Waals surface area contributed by atoms with Gasteiger partial charge in [-0.2, -0.15) is 0 Å². The first kappa shape index (κ1) is 18.7. The van der Waals surface area contributed by atoms with E-state index in [-0.39, 0.29) is 18.2 Å². The van der Waals surface area contributed by atoms with Gasteiger partial charge >= 0.3 is 5.69 Å². The number of carbonyl (C=O) groups is 1. The third-order valence-electron chi connectivity index (χ3n) is 4.37. The number of nitrogens with zero attached hydrogens (tertiary/aromatic N) is 1. The van der Waals surface area contributed by atoms with Crippen LogP contribution in [-0.2, 0) is 11.3 Å². The smallest absolute Gasteiger partial charge is 0.328 e. The zero-order valence-corrected chi connectivity index (χ0v) is 15.1. The Morgan fingerprint density at radius 2 is 2.15 bits per heavy atom. The van der Waals surface area contributed by atoms with Gasteiger partial charge in [0.05, 0.1) is 32.6 Å². The van der Waals surface area contributed by atoms with E-state index < -0.39 is 17.2 Å². The molecule has 1 aromatic carbocycles. The standard InChI is InChI=1S/C18H21N3O6/c1-25-11-5-6-15(26-2)14(8-11)20-16(22)13-9-19-18(24)21(17(13)23)10-12-4-3-7-27-12/h5-6,8-9,12H,3-4,7,10H2,1-2H3,(H,19,24)(H,20,22). The maximum atomic E-state index is 12.7. The summed E-state index contributed by atoms with van der Waals surface area (Å²) in [5.74, 6) is 0.264. The number of H-pyrrole nitrogens is 1. The molecule has 1 unspecified atom stereocenters. The lowest BCUT2D eigenvalue weighted by molar-refractivity contribution is 0.0941. The maximum absolute atomic E-state index is 12.7. The monoisotopic (exact) mass is 375 g/mol. The van der Waals surface area contributed by atoms with E-state index in [4.69, 9.17) is 14.2 Å². The molecular formula is C18H21N3O6. The second-order valence-corrected chi connectivity index (χ2v) is 6.08. The first-order valence-corrected chi connectivity index (χ1v) is 8.51. The minimum Gasteiger partial charge on any atom is -0.497 e. The summed E-state index contributed by atoms with van der Waals surface area (Å²) < 4.78 is 16.8. The number of hydrogen-bond acceptors (Lipinski definition) is 6. The summed E-state index contributed by atoms with van der Waals surface area (Å²) in [4.78, 5) is 39.8. The highest BCUT2D eigenvalue weighted by atomic mass is 16.5. The molecule has 0 aliphatic carbocycles. The molecular weight excluding hydrogens is 354 g/mol. The quantitative estimate of drug-likeness (QED) is 0.779. The van der Waals surface area contributed by atoms with Crippen LogP contribution in [0, 0.1) is 0 Å². The Labute approximate surface area is 154 Å². The van der Waals surface area contributed by atoms with Gasteiger partial charge in [-0.1, -0.05) is 0 Å². The number of aromatic amines is 1. The Morgan fingerprint density at radius 1 is 1.33 bits per heavy atom. The summed E-state index contributed by atoms with van der Waals surface area (Å²) in [7, 11) is 2.96. The van der Waals surface area contributed by atoms with Crippen molar-refractivity contribution >= 4 is 11.6 Å². The summed E-state index contributed by atoms with van der Waals surface area (Å²) in [6.07, 6.45) is 2.55. The number of nitrogens with one attached hydrogen (secondary N) is 2. The minimum absolute atomic E-state index is 0.109. The van der Waals surface area contributed by atoms with Crippen molar-refractivity contribution in [1.29, 1.82) is 0 Å². The van der Waals surface area contributed by atoms with Crippen LogP contribution < -0.4 is 26.0 Å². The molecule has 9 nitrogen and oxygen atoms in total. The predicted molar refractivity (Wildman–Crippen MR) is 97.8 cm³/mol. The molecule has 9 heteroatoms. The van der Waals surface area contributed by atoms with E-state index in [0.717, 1.165) is 23.6 Å². The van der Waals surface area contributed by atoms with E-state index in [9.17, 15) is 14.4 Å². The molecule has 3 rings (SSSR count). The second-order valence-electron chi connectivity index (χ2n) is 6.08. The fraction of sp³-hybridized carbons (Fsp3) is 0.389. The number of methoxy groups -OCH3 is 2. The number of hydrogen-bond donors (Lipinski definition) is 2. The highest BCUT2D eigenvalue weighted by Gasteiger charge is 2.21. The largest absolute Gasteiger partial charge is 0.497 e. The normalized spacial score (nSPS) is 16.1. The number of carbonyl (C=O) groups excluding carboxylic acids is 1. The van der Waals surface area contributed by atoms with Crippen molar-refractivity contribution in [2.24, 2.45) is 0 Å². The Hall–Kier alpha value is -3.07. The molecule has 2 heterocycles. The Balaban J connectivity index is 1.89. The van der Waals surface area contributed by atoms with Crippen molar-refractivity contribution in [3.05, 3.63) is 50.8 Å². The van der Waals surface area contributed by atoms with Crippen LogP contribution in [0.4, 0.5) is 5.69 Å². The maximum Gasteiger partial charge on any atom is 0.328 e. The lowest BCUT2D eigenvalue weighted by Crippen LogP contribution is -2.41. The van der Waals surface area contributed by atoms with Gasteiger partial charge in [0, 0.05) is 18.9 Å². The van der Waals surface area contributed by atoms with Gasteiger partial charge in [0.15, 0.2) is 0 Å². The Bertz CT molecular complexity index is 943. The summed E-state index contributed by atoms with van der Waals surface area (Å²) in [5, 5.41) is 2.62. The van der Waals surface area contributed by atoms with Crippen LogP contribution in [0.25, 0.3) is 0 Å². The van der Waals surface area contributed by atoms with Crippen molar-refractivity contribution < 1.29 is 19.0 Å². The summed E-state index contributed by atoms with van der Waals surface area (Å²) in [6.45, 7) is 0.713. The van der Waals surface area contributed by atoms with Gasteiger partial charge in [0.1, 0.15) is 17.1 Å². The van der Waals surface area contributed by atoms with Crippen LogP contribution in [0.5, 0.6) is 11.5 Å². The van der Waals surface area contributed by atoms with E-state index in [1.54, 1.807) is 18.2 Å². The zero-order chi connectivity index (χ0) is 19.4. The predicted octanol–water partition coefficient (Wildman–Crippen LogP) is 0.985. The zero-order valence-electron chi connectivity index (χ0n) is 15.1. The van der Waals surface area contributed by atoms with E-state index in [1.807, 2.05) is 0 Å². The third-order valence-corrected chi connectivity index (χ3v) is 4.37. The van der Waals surface area contributed by atoms with Gasteiger partial charge in [-0.05, 0) is 25.0 Å². The molecule has 0 radical (unpaired) electrons. The van der Waals surface area contributed by atoms with Crippen molar-refractivity contribution in [3.8, 4) is 11.5 Å². The Morgan fingerprint density at radius 3 is 2.81 bits per heavy atom. The molecule has 2 N–H and O–H groups in total. The van der Waals surface area contributed by atoms with Crippen LogP contribution in [0.15, 0.2) is 34.0 Å². The highest BCUT2D eigenvalue weighted by Crippen LogP contribution is 2.29. The molecule has 1 aromatic heterocycles. The molecule has 144 valence electrons. The van der Waals surface area contributed by atoms with Crippen LogP contribution in [0.1, 0.15) is 23.2 Å². The van der Waals surface area contributed by atoms with E-state index in [0.29, 0.717) is 23.8 Å². The molecule has 0 bridgehead atoms. The molecule has 1 aliphatic rings. The molecule has 0 spiro atoms. The van der Waals surface area contributed by atoms with E-state index in [2.05, 4.69) is 10.3 Å². The minimum atomic E-state index is -0.673. The summed E-state index contributed by atoms with van der Waals surface area (Å²) >= 11 is 0. The van der Waals surface area contributed by atoms with Crippen molar-refractivity contribution in [3.63, 3.8) is 0 Å². The van der Waals surface area contributed by atoms with Crippen molar-refractivity contribution in [1.82, 2.24) is 9.55 Å². The first-order valence-electron chi connectivity index (χ1n) is 8.51. The average molecular weight is 375 g/mol. The first-order chi connectivity index (χ1) is 13.0. The van der Waals surface area contributed by atoms with E-state index in [1.165, 1.54) is 14.2 Å². The van der Waals surface area contributed by atoms with Crippen LogP contribution in [0.3, 0.4) is 0 Å². The molecule has 1 saturated heterocycles. The van der Waals surface area contributed by atoms with Crippen LogP contribution >= 0.6 is 0 Å². The number of rotatable bonds is 6. The fourth-order valence-electron chi connectivity index (χ4n) is 2.93. The van der Waals surface area contributed by atoms with Gasteiger partial charge in [-0.25, -0.2) is 4.79 Å². The third kappa shape index (κ3) is 4.03. The molecule has 1 fully saturated rings. The number of amides is 1. The number of benzene rings is 1. The summed E-state index contributed by atoms with van der Waals surface area (Å²) in [5.41, 5.74) is -1.09. The van der Waals surface area contributed by atoms with E-state index >= 15 is 0 Å². The van der Waals surface area contributed by atoms with Crippen molar-refractivity contribution in [2.75, 3.05) is 26.1 Å². The number of anilines is 1. The molecule has 0 saturated carbocycles. The Kier molecular flexibility index (Phi) is 5.60.